The predicted molar refractivity (Wildman–Crippen MR) is 109 cm³/mol. The van der Waals surface area contributed by atoms with Gasteiger partial charge in [-0.25, -0.2) is 0 Å². The van der Waals surface area contributed by atoms with E-state index in [-0.39, 0.29) is 17.9 Å². The molecule has 0 spiro atoms. The highest BCUT2D eigenvalue weighted by Crippen LogP contribution is 2.29. The highest BCUT2D eigenvalue weighted by Gasteiger charge is 2.27. The summed E-state index contributed by atoms with van der Waals surface area (Å²) in [5.74, 6) is 0.523. The number of nitrogens with one attached hydrogen (secondary N) is 1. The molecule has 4 heteroatoms. The topological polar surface area (TPSA) is 52.7 Å². The number of nitrogens with zero attached hydrogens (tertiary/aromatic N) is 1. The van der Waals surface area contributed by atoms with Crippen LogP contribution in [-0.4, -0.2) is 41.5 Å². The molecule has 1 fully saturated rings. The van der Waals surface area contributed by atoms with Crippen LogP contribution in [0.1, 0.15) is 36.8 Å². The van der Waals surface area contributed by atoms with Gasteiger partial charge in [0.05, 0.1) is 12.5 Å². The van der Waals surface area contributed by atoms with E-state index in [2.05, 4.69) is 71.1 Å². The van der Waals surface area contributed by atoms with Crippen LogP contribution in [0.3, 0.4) is 0 Å². The molecule has 1 aliphatic rings. The maximum Gasteiger partial charge on any atom is 0.280 e. The van der Waals surface area contributed by atoms with E-state index in [1.165, 1.54) is 16.5 Å². The van der Waals surface area contributed by atoms with Gasteiger partial charge in [-0.05, 0) is 37.0 Å². The van der Waals surface area contributed by atoms with Crippen LogP contribution in [0, 0.1) is 0 Å². The van der Waals surface area contributed by atoms with Crippen LogP contribution >= 0.6 is 0 Å². The third-order valence-corrected chi connectivity index (χ3v) is 5.73. The molecule has 3 N–H and O–H groups in total. The fraction of sp³-hybridized carbons (Fsp3) is 0.348. The number of rotatable bonds is 6. The second kappa shape index (κ2) is 7.97. The molecular formula is C23H28N3O+. The summed E-state index contributed by atoms with van der Waals surface area (Å²) in [6.07, 6.45) is 4.41. The van der Waals surface area contributed by atoms with Crippen LogP contribution in [0.5, 0.6) is 0 Å². The van der Waals surface area contributed by atoms with Gasteiger partial charge in [-0.2, -0.15) is 0 Å². The number of aromatic amines is 1. The lowest BCUT2D eigenvalue weighted by Crippen LogP contribution is -2.92. The summed E-state index contributed by atoms with van der Waals surface area (Å²) in [5.41, 5.74) is 3.75. The summed E-state index contributed by atoms with van der Waals surface area (Å²) in [6.45, 7) is 4.73. The number of hydrogen-bond donors (Lipinski definition) is 2. The molecule has 0 aliphatic carbocycles. The molecule has 140 valence electrons. The Morgan fingerprint density at radius 1 is 1.07 bits per heavy atom. The third-order valence-electron chi connectivity index (χ3n) is 5.73. The molecule has 4 nitrogen and oxygen atoms in total. The quantitative estimate of drug-likeness (QED) is 0.696. The second-order valence-electron chi connectivity index (χ2n) is 7.55. The number of para-hydroxylation sites is 1. The van der Waals surface area contributed by atoms with E-state index in [1.807, 2.05) is 11.8 Å². The molecule has 0 radical (unpaired) electrons. The van der Waals surface area contributed by atoms with Crippen LogP contribution < -0.4 is 5.32 Å². The van der Waals surface area contributed by atoms with Crippen molar-refractivity contribution in [2.24, 2.45) is 0 Å². The zero-order valence-corrected chi connectivity index (χ0v) is 15.9. The largest absolute Gasteiger partial charge is 0.361 e. The Balaban J connectivity index is 1.57. The maximum absolute atomic E-state index is 12.7. The van der Waals surface area contributed by atoms with Crippen molar-refractivity contribution >= 4 is 16.8 Å². The molecule has 0 saturated carbocycles. The van der Waals surface area contributed by atoms with Crippen LogP contribution in [0.2, 0.25) is 0 Å². The van der Waals surface area contributed by atoms with Gasteiger partial charge in [0.15, 0.2) is 6.04 Å². The first-order valence-corrected chi connectivity index (χ1v) is 9.97. The highest BCUT2D eigenvalue weighted by molar-refractivity contribution is 5.84. The maximum atomic E-state index is 12.7. The Kier molecular flexibility index (Phi) is 5.26. The highest BCUT2D eigenvalue weighted by atomic mass is 16.2. The van der Waals surface area contributed by atoms with Crippen molar-refractivity contribution in [1.82, 2.24) is 9.88 Å². The summed E-state index contributed by atoms with van der Waals surface area (Å²) in [5, 5.41) is 3.47. The van der Waals surface area contributed by atoms with Gasteiger partial charge in [0, 0.05) is 30.2 Å². The second-order valence-corrected chi connectivity index (χ2v) is 7.55. The van der Waals surface area contributed by atoms with Crippen molar-refractivity contribution in [1.29, 1.82) is 0 Å². The Morgan fingerprint density at radius 3 is 2.56 bits per heavy atom. The van der Waals surface area contributed by atoms with Crippen LogP contribution in [0.4, 0.5) is 0 Å². The van der Waals surface area contributed by atoms with Crippen LogP contribution in [0.15, 0.2) is 60.8 Å². The lowest BCUT2D eigenvalue weighted by atomic mass is 9.90. The van der Waals surface area contributed by atoms with E-state index in [9.17, 15) is 4.79 Å². The van der Waals surface area contributed by atoms with Gasteiger partial charge >= 0.3 is 0 Å². The number of likely N-dealkylation sites (tertiary alicyclic amines) is 1. The molecule has 1 saturated heterocycles. The smallest absolute Gasteiger partial charge is 0.280 e. The Hall–Kier alpha value is -2.59. The summed E-state index contributed by atoms with van der Waals surface area (Å²) in [6, 6.07) is 19.0. The van der Waals surface area contributed by atoms with E-state index < -0.39 is 0 Å². The van der Waals surface area contributed by atoms with Gasteiger partial charge in [0.2, 0.25) is 0 Å². The monoisotopic (exact) mass is 362 g/mol. The normalized spacial score (nSPS) is 16.6. The summed E-state index contributed by atoms with van der Waals surface area (Å²) < 4.78 is 0. The minimum absolute atomic E-state index is 0.0421. The van der Waals surface area contributed by atoms with E-state index in [1.54, 1.807) is 0 Å². The molecule has 0 bridgehead atoms. The first-order chi connectivity index (χ1) is 13.2. The molecule has 1 aromatic heterocycles. The molecular weight excluding hydrogens is 334 g/mol. The number of H-pyrrole nitrogens is 1. The minimum atomic E-state index is -0.0421. The fourth-order valence-electron chi connectivity index (χ4n) is 4.18. The zero-order valence-electron chi connectivity index (χ0n) is 15.9. The van der Waals surface area contributed by atoms with Crippen LogP contribution in [-0.2, 0) is 4.79 Å². The number of hydrogen-bond acceptors (Lipinski definition) is 1. The average molecular weight is 362 g/mol. The Morgan fingerprint density at radius 2 is 1.78 bits per heavy atom. The van der Waals surface area contributed by atoms with Crippen molar-refractivity contribution in [2.45, 2.75) is 31.7 Å². The molecule has 2 heterocycles. The molecule has 0 unspecified atom stereocenters. The van der Waals surface area contributed by atoms with Gasteiger partial charge < -0.3 is 15.2 Å². The first-order valence-electron chi connectivity index (χ1n) is 9.97. The van der Waals surface area contributed by atoms with E-state index in [0.29, 0.717) is 0 Å². The molecule has 1 amide bonds. The number of nitrogens with two attached hydrogens (primary N) is 1. The van der Waals surface area contributed by atoms with Crippen molar-refractivity contribution < 1.29 is 10.1 Å². The number of carbonyl (C=O) groups is 1. The lowest BCUT2D eigenvalue weighted by molar-refractivity contribution is -0.675. The van der Waals surface area contributed by atoms with Crippen LogP contribution in [0.25, 0.3) is 10.9 Å². The SMILES string of the molecule is C[C@@H]([NH2+]C[C@H](c1ccccc1)c1c[nH]c2ccccc12)C(=O)N1CCCC1. The van der Waals surface area contributed by atoms with Crippen molar-refractivity contribution in [3.05, 3.63) is 71.9 Å². The molecule has 27 heavy (non-hydrogen) atoms. The van der Waals surface area contributed by atoms with E-state index in [4.69, 9.17) is 0 Å². The summed E-state index contributed by atoms with van der Waals surface area (Å²) in [7, 11) is 0. The van der Waals surface area contributed by atoms with Gasteiger partial charge in [0.25, 0.3) is 5.91 Å². The third kappa shape index (κ3) is 3.76. The predicted octanol–water partition coefficient (Wildman–Crippen LogP) is 2.87. The molecule has 3 aromatic rings. The summed E-state index contributed by atoms with van der Waals surface area (Å²) >= 11 is 0. The number of benzene rings is 2. The van der Waals surface area contributed by atoms with Crippen molar-refractivity contribution in [3.8, 4) is 0 Å². The fourth-order valence-corrected chi connectivity index (χ4v) is 4.18. The van der Waals surface area contributed by atoms with E-state index in [0.717, 1.165) is 38.0 Å². The molecule has 4 rings (SSSR count). The lowest BCUT2D eigenvalue weighted by Gasteiger charge is -2.22. The van der Waals surface area contributed by atoms with E-state index >= 15 is 0 Å². The van der Waals surface area contributed by atoms with Crippen molar-refractivity contribution in [3.63, 3.8) is 0 Å². The molecule has 2 aromatic carbocycles. The van der Waals surface area contributed by atoms with Gasteiger partial charge in [-0.15, -0.1) is 0 Å². The number of aromatic nitrogens is 1. The number of quaternary nitrogens is 1. The number of carbonyl (C=O) groups excluding carboxylic acids is 1. The van der Waals surface area contributed by atoms with Gasteiger partial charge in [-0.3, -0.25) is 4.79 Å². The van der Waals surface area contributed by atoms with Crippen molar-refractivity contribution in [2.75, 3.05) is 19.6 Å². The average Bonchev–Trinajstić information content (AvgIpc) is 3.39. The standard InChI is InChI=1S/C23H27N3O/c1-17(23(27)26-13-7-8-14-26)24-15-20(18-9-3-2-4-10-18)21-16-25-22-12-6-5-11-19(21)22/h2-6,9-12,16-17,20,24-25H,7-8,13-15H2,1H3/p+1/t17-,20-/m1/s1. The first kappa shape index (κ1) is 17.8. The summed E-state index contributed by atoms with van der Waals surface area (Å²) in [4.78, 5) is 18.1. The van der Waals surface area contributed by atoms with Gasteiger partial charge in [-0.1, -0.05) is 48.5 Å². The molecule has 2 atom stereocenters. The Labute approximate surface area is 160 Å². The molecule has 1 aliphatic heterocycles. The van der Waals surface area contributed by atoms with Gasteiger partial charge in [0.1, 0.15) is 0 Å². The number of amides is 1. The number of fused-ring (bicyclic) bond motifs is 1. The minimum Gasteiger partial charge on any atom is -0.361 e. The Bertz CT molecular complexity index is 896. The zero-order chi connectivity index (χ0) is 18.6.